The van der Waals surface area contributed by atoms with Crippen LogP contribution in [0.4, 0.5) is 5.95 Å². The number of nitrogens with two attached hydrogens (primary N) is 1. The average Bonchev–Trinajstić information content (AvgIpc) is 2.33. The molecule has 0 saturated carbocycles. The number of likely N-dealkylation sites (N-methyl/N-ethyl adjacent to an activating group) is 1. The third kappa shape index (κ3) is 4.36. The molecule has 4 N–H and O–H groups in total. The summed E-state index contributed by atoms with van der Waals surface area (Å²) < 4.78 is 0. The standard InChI is InChI=1S/C12H21N5O2/c1-5-17(7-12(3,4)18)11-14-8(2)6-9(15-11)10(13)16-19/h6,18-19H,5,7H2,1-4H3,(H2,13,16). The van der Waals surface area contributed by atoms with Crippen molar-refractivity contribution in [1.82, 2.24) is 9.97 Å². The Morgan fingerprint density at radius 1 is 1.47 bits per heavy atom. The minimum atomic E-state index is -0.861. The predicted molar refractivity (Wildman–Crippen MR) is 73.5 cm³/mol. The first-order valence-electron chi connectivity index (χ1n) is 6.07. The van der Waals surface area contributed by atoms with Crippen LogP contribution in [0.3, 0.4) is 0 Å². The zero-order valence-corrected chi connectivity index (χ0v) is 11.8. The van der Waals surface area contributed by atoms with Crippen molar-refractivity contribution in [2.75, 3.05) is 18.0 Å². The number of anilines is 1. The molecule has 0 amide bonds. The molecule has 0 fully saturated rings. The maximum absolute atomic E-state index is 9.89. The normalized spacial score (nSPS) is 12.6. The quantitative estimate of drug-likeness (QED) is 0.310. The molecule has 0 aliphatic rings. The van der Waals surface area contributed by atoms with Crippen molar-refractivity contribution in [3.8, 4) is 0 Å². The molecule has 19 heavy (non-hydrogen) atoms. The van der Waals surface area contributed by atoms with Crippen LogP contribution in [0.1, 0.15) is 32.2 Å². The number of rotatable bonds is 5. The molecule has 0 aliphatic carbocycles. The van der Waals surface area contributed by atoms with E-state index < -0.39 is 5.60 Å². The summed E-state index contributed by atoms with van der Waals surface area (Å²) in [7, 11) is 0. The first-order valence-corrected chi connectivity index (χ1v) is 6.07. The van der Waals surface area contributed by atoms with E-state index in [4.69, 9.17) is 10.9 Å². The van der Waals surface area contributed by atoms with Crippen LogP contribution in [0.5, 0.6) is 0 Å². The topological polar surface area (TPSA) is 108 Å². The minimum absolute atomic E-state index is 0.0638. The molecule has 0 spiro atoms. The van der Waals surface area contributed by atoms with Crippen LogP contribution in [0, 0.1) is 6.92 Å². The van der Waals surface area contributed by atoms with Crippen molar-refractivity contribution in [2.45, 2.75) is 33.3 Å². The third-order valence-corrected chi connectivity index (χ3v) is 2.45. The second-order valence-electron chi connectivity index (χ2n) is 5.01. The van der Waals surface area contributed by atoms with Crippen LogP contribution in [0.25, 0.3) is 0 Å². The molecule has 7 nitrogen and oxygen atoms in total. The first-order chi connectivity index (χ1) is 8.76. The van der Waals surface area contributed by atoms with E-state index in [9.17, 15) is 5.11 Å². The van der Waals surface area contributed by atoms with Gasteiger partial charge in [0.2, 0.25) is 5.95 Å². The summed E-state index contributed by atoms with van der Waals surface area (Å²) in [6, 6.07) is 1.64. The molecule has 0 aromatic carbocycles. The number of amidine groups is 1. The fourth-order valence-corrected chi connectivity index (χ4v) is 1.67. The Balaban J connectivity index is 3.14. The van der Waals surface area contributed by atoms with Gasteiger partial charge in [-0.25, -0.2) is 9.97 Å². The lowest BCUT2D eigenvalue weighted by Crippen LogP contribution is -2.39. The molecule has 0 radical (unpaired) electrons. The van der Waals surface area contributed by atoms with Crippen molar-refractivity contribution in [3.05, 3.63) is 17.5 Å². The van der Waals surface area contributed by atoms with Crippen LogP contribution >= 0.6 is 0 Å². The Morgan fingerprint density at radius 3 is 2.58 bits per heavy atom. The first kappa shape index (κ1) is 15.2. The lowest BCUT2D eigenvalue weighted by atomic mass is 10.1. The van der Waals surface area contributed by atoms with E-state index in [-0.39, 0.29) is 5.84 Å². The smallest absolute Gasteiger partial charge is 0.226 e. The van der Waals surface area contributed by atoms with E-state index in [0.717, 1.165) is 0 Å². The van der Waals surface area contributed by atoms with E-state index in [2.05, 4.69) is 15.1 Å². The summed E-state index contributed by atoms with van der Waals surface area (Å²) in [5, 5.41) is 21.5. The van der Waals surface area contributed by atoms with Gasteiger partial charge in [0.05, 0.1) is 5.60 Å². The molecule has 0 saturated heterocycles. The molecule has 106 valence electrons. The van der Waals surface area contributed by atoms with Crippen LogP contribution in [-0.2, 0) is 0 Å². The molecule has 1 aromatic rings. The molecule has 0 bridgehead atoms. The average molecular weight is 267 g/mol. The molecule has 7 heteroatoms. The van der Waals surface area contributed by atoms with E-state index in [1.165, 1.54) is 0 Å². The number of hydrogen-bond donors (Lipinski definition) is 3. The highest BCUT2D eigenvalue weighted by molar-refractivity contribution is 5.95. The monoisotopic (exact) mass is 267 g/mol. The van der Waals surface area contributed by atoms with Gasteiger partial charge < -0.3 is 20.9 Å². The SMILES string of the molecule is CCN(CC(C)(C)O)c1nc(C)cc(/C(N)=N/O)n1. The van der Waals surface area contributed by atoms with Crippen LogP contribution in [0.15, 0.2) is 11.2 Å². The van der Waals surface area contributed by atoms with Crippen molar-refractivity contribution >= 4 is 11.8 Å². The number of oxime groups is 1. The van der Waals surface area contributed by atoms with Gasteiger partial charge in [-0.1, -0.05) is 5.16 Å². The zero-order valence-electron chi connectivity index (χ0n) is 11.8. The second kappa shape index (κ2) is 5.83. The molecule has 0 aliphatic heterocycles. The predicted octanol–water partition coefficient (Wildman–Crippen LogP) is 0.477. The molecule has 0 unspecified atom stereocenters. The van der Waals surface area contributed by atoms with Gasteiger partial charge in [0.15, 0.2) is 5.84 Å². The van der Waals surface area contributed by atoms with E-state index in [1.807, 2.05) is 11.8 Å². The van der Waals surface area contributed by atoms with Gasteiger partial charge in [-0.2, -0.15) is 0 Å². The van der Waals surface area contributed by atoms with Gasteiger partial charge in [0, 0.05) is 18.8 Å². The molecular formula is C12H21N5O2. The Hall–Kier alpha value is -1.89. The summed E-state index contributed by atoms with van der Waals surface area (Å²) in [6.45, 7) is 8.22. The van der Waals surface area contributed by atoms with E-state index in [0.29, 0.717) is 30.4 Å². The number of aromatic nitrogens is 2. The van der Waals surface area contributed by atoms with Gasteiger partial charge in [0.25, 0.3) is 0 Å². The summed E-state index contributed by atoms with van der Waals surface area (Å²) in [6.07, 6.45) is 0. The van der Waals surface area contributed by atoms with E-state index >= 15 is 0 Å². The lowest BCUT2D eigenvalue weighted by Gasteiger charge is -2.28. The largest absolute Gasteiger partial charge is 0.409 e. The van der Waals surface area contributed by atoms with Gasteiger partial charge in [-0.15, -0.1) is 0 Å². The lowest BCUT2D eigenvalue weighted by molar-refractivity contribution is 0.0872. The Labute approximate surface area is 112 Å². The molecule has 1 aromatic heterocycles. The second-order valence-corrected chi connectivity index (χ2v) is 5.01. The molecule has 0 atom stereocenters. The van der Waals surface area contributed by atoms with Gasteiger partial charge in [-0.3, -0.25) is 0 Å². The van der Waals surface area contributed by atoms with Crippen molar-refractivity contribution in [3.63, 3.8) is 0 Å². The fraction of sp³-hybridized carbons (Fsp3) is 0.583. The highest BCUT2D eigenvalue weighted by Gasteiger charge is 2.20. The number of hydrogen-bond acceptors (Lipinski definition) is 6. The Kier molecular flexibility index (Phi) is 4.66. The highest BCUT2D eigenvalue weighted by atomic mass is 16.4. The van der Waals surface area contributed by atoms with Crippen LogP contribution in [-0.4, -0.2) is 44.8 Å². The third-order valence-electron chi connectivity index (χ3n) is 2.45. The maximum Gasteiger partial charge on any atom is 0.226 e. The summed E-state index contributed by atoms with van der Waals surface area (Å²) >= 11 is 0. The summed E-state index contributed by atoms with van der Waals surface area (Å²) in [4.78, 5) is 10.4. The maximum atomic E-state index is 9.89. The molecule has 1 rings (SSSR count). The Morgan fingerprint density at radius 2 is 2.11 bits per heavy atom. The Bertz CT molecular complexity index is 468. The van der Waals surface area contributed by atoms with Gasteiger partial charge in [0.1, 0.15) is 5.69 Å². The zero-order chi connectivity index (χ0) is 14.6. The molecule has 1 heterocycles. The minimum Gasteiger partial charge on any atom is -0.409 e. The fourth-order valence-electron chi connectivity index (χ4n) is 1.67. The van der Waals surface area contributed by atoms with Crippen molar-refractivity contribution in [1.29, 1.82) is 0 Å². The molecular weight excluding hydrogens is 246 g/mol. The summed E-state index contributed by atoms with van der Waals surface area (Å²) in [5.74, 6) is 0.386. The number of nitrogens with zero attached hydrogens (tertiary/aromatic N) is 4. The highest BCUT2D eigenvalue weighted by Crippen LogP contribution is 2.14. The number of aliphatic hydroxyl groups is 1. The summed E-state index contributed by atoms with van der Waals surface area (Å²) in [5.41, 5.74) is 5.75. The van der Waals surface area contributed by atoms with Gasteiger partial charge in [-0.05, 0) is 33.8 Å². The number of aryl methyl sites for hydroxylation is 1. The van der Waals surface area contributed by atoms with Gasteiger partial charge >= 0.3 is 0 Å². The van der Waals surface area contributed by atoms with Crippen LogP contribution < -0.4 is 10.6 Å². The van der Waals surface area contributed by atoms with E-state index in [1.54, 1.807) is 26.8 Å². The van der Waals surface area contributed by atoms with Crippen molar-refractivity contribution in [2.24, 2.45) is 10.9 Å². The van der Waals surface area contributed by atoms with Crippen LogP contribution in [0.2, 0.25) is 0 Å². The van der Waals surface area contributed by atoms with Crippen molar-refractivity contribution < 1.29 is 10.3 Å².